The third-order valence-corrected chi connectivity index (χ3v) is 3.22. The van der Waals surface area contributed by atoms with E-state index in [2.05, 4.69) is 15.6 Å². The fourth-order valence-corrected chi connectivity index (χ4v) is 1.96. The highest BCUT2D eigenvalue weighted by atomic mass is 19.1. The third kappa shape index (κ3) is 5.67. The molecule has 0 unspecified atom stereocenters. The van der Waals surface area contributed by atoms with Crippen molar-refractivity contribution in [1.29, 1.82) is 0 Å². The predicted molar refractivity (Wildman–Crippen MR) is 86.8 cm³/mol. The van der Waals surface area contributed by atoms with E-state index >= 15 is 0 Å². The van der Waals surface area contributed by atoms with Crippen molar-refractivity contribution < 1.29 is 13.9 Å². The molecule has 0 bridgehead atoms. The molecule has 2 rings (SSSR count). The van der Waals surface area contributed by atoms with Crippen LogP contribution in [0.3, 0.4) is 0 Å². The normalized spacial score (nSPS) is 10.3. The molecule has 0 saturated heterocycles. The molecule has 1 heterocycles. The summed E-state index contributed by atoms with van der Waals surface area (Å²) in [5.74, 6) is -0.560. The first-order valence-corrected chi connectivity index (χ1v) is 7.40. The van der Waals surface area contributed by atoms with E-state index in [4.69, 9.17) is 4.74 Å². The number of halogens is 1. The molecule has 1 aromatic carbocycles. The second kappa shape index (κ2) is 8.85. The van der Waals surface area contributed by atoms with E-state index in [-0.39, 0.29) is 11.7 Å². The summed E-state index contributed by atoms with van der Waals surface area (Å²) in [6, 6.07) is 9.48. The van der Waals surface area contributed by atoms with E-state index < -0.39 is 0 Å². The van der Waals surface area contributed by atoms with Crippen molar-refractivity contribution in [3.8, 4) is 0 Å². The Balaban J connectivity index is 1.81. The van der Waals surface area contributed by atoms with Crippen LogP contribution in [0.4, 0.5) is 10.1 Å². The maximum Gasteiger partial charge on any atom is 0.270 e. The maximum absolute atomic E-state index is 12.8. The summed E-state index contributed by atoms with van der Waals surface area (Å²) in [5, 5.41) is 5.95. The zero-order chi connectivity index (χ0) is 16.5. The van der Waals surface area contributed by atoms with Crippen molar-refractivity contribution in [2.24, 2.45) is 0 Å². The number of carbonyl (C=O) groups is 1. The van der Waals surface area contributed by atoms with Gasteiger partial charge in [0.2, 0.25) is 0 Å². The number of nitrogens with one attached hydrogen (secondary N) is 2. The number of nitrogens with zero attached hydrogens (tertiary/aromatic N) is 1. The van der Waals surface area contributed by atoms with Crippen LogP contribution in [0.2, 0.25) is 0 Å². The molecule has 0 fully saturated rings. The van der Waals surface area contributed by atoms with Crippen LogP contribution >= 0.6 is 0 Å². The molecule has 0 radical (unpaired) electrons. The fourth-order valence-electron chi connectivity index (χ4n) is 1.96. The van der Waals surface area contributed by atoms with Gasteiger partial charge in [-0.3, -0.25) is 4.79 Å². The lowest BCUT2D eigenvalue weighted by Gasteiger charge is -2.07. The van der Waals surface area contributed by atoms with Gasteiger partial charge in [-0.05, 0) is 36.2 Å². The minimum Gasteiger partial charge on any atom is -0.385 e. The third-order valence-electron chi connectivity index (χ3n) is 3.22. The Bertz CT molecular complexity index is 615. The zero-order valence-corrected chi connectivity index (χ0v) is 13.0. The van der Waals surface area contributed by atoms with Crippen molar-refractivity contribution >= 4 is 11.6 Å². The molecule has 2 N–H and O–H groups in total. The van der Waals surface area contributed by atoms with Gasteiger partial charge in [-0.2, -0.15) is 0 Å². The summed E-state index contributed by atoms with van der Waals surface area (Å²) in [4.78, 5) is 16.1. The molecule has 0 aliphatic carbocycles. The van der Waals surface area contributed by atoms with Crippen molar-refractivity contribution in [1.82, 2.24) is 10.3 Å². The maximum atomic E-state index is 12.8. The Hall–Kier alpha value is -2.47. The number of carbonyl (C=O) groups excluding carboxylic acids is 1. The molecule has 2 aromatic rings. The standard InChI is InChI=1S/C17H20FN3O2/c1-23-10-2-9-19-15-7-8-16(20-12-15)17(22)21-11-13-3-5-14(18)6-4-13/h3-8,12,19H,2,9-11H2,1H3,(H,21,22). The van der Waals surface area contributed by atoms with E-state index in [1.165, 1.54) is 12.1 Å². The smallest absolute Gasteiger partial charge is 0.270 e. The molecule has 23 heavy (non-hydrogen) atoms. The van der Waals surface area contributed by atoms with Crippen LogP contribution in [-0.2, 0) is 11.3 Å². The monoisotopic (exact) mass is 317 g/mol. The first-order valence-electron chi connectivity index (χ1n) is 7.40. The van der Waals surface area contributed by atoms with Gasteiger partial charge in [0.1, 0.15) is 11.5 Å². The van der Waals surface area contributed by atoms with Gasteiger partial charge >= 0.3 is 0 Å². The number of hydrogen-bond acceptors (Lipinski definition) is 4. The van der Waals surface area contributed by atoms with Gasteiger partial charge in [0.15, 0.2) is 0 Å². The fraction of sp³-hybridized carbons (Fsp3) is 0.294. The Morgan fingerprint density at radius 2 is 2.00 bits per heavy atom. The molecule has 0 spiro atoms. The number of amides is 1. The lowest BCUT2D eigenvalue weighted by Crippen LogP contribution is -2.23. The predicted octanol–water partition coefficient (Wildman–Crippen LogP) is 2.60. The molecule has 1 amide bonds. The average molecular weight is 317 g/mol. The molecule has 0 aliphatic heterocycles. The summed E-state index contributed by atoms with van der Waals surface area (Å²) in [6.07, 6.45) is 2.52. The van der Waals surface area contributed by atoms with Crippen LogP contribution < -0.4 is 10.6 Å². The molecule has 0 saturated carbocycles. The molecule has 1 aromatic heterocycles. The minimum atomic E-state index is -0.296. The topological polar surface area (TPSA) is 63.2 Å². The number of rotatable bonds is 8. The van der Waals surface area contributed by atoms with Gasteiger partial charge < -0.3 is 15.4 Å². The van der Waals surface area contributed by atoms with Crippen LogP contribution in [0.1, 0.15) is 22.5 Å². The number of ether oxygens (including phenoxy) is 1. The zero-order valence-electron chi connectivity index (χ0n) is 13.0. The highest BCUT2D eigenvalue weighted by molar-refractivity contribution is 5.92. The molecule has 0 aliphatic rings. The van der Waals surface area contributed by atoms with E-state index in [1.807, 2.05) is 6.07 Å². The molecular weight excluding hydrogens is 297 g/mol. The van der Waals surface area contributed by atoms with Crippen molar-refractivity contribution in [2.45, 2.75) is 13.0 Å². The molecule has 5 nitrogen and oxygen atoms in total. The highest BCUT2D eigenvalue weighted by Crippen LogP contribution is 2.07. The summed E-state index contributed by atoms with van der Waals surface area (Å²) < 4.78 is 17.8. The number of methoxy groups -OCH3 is 1. The van der Waals surface area contributed by atoms with Crippen molar-refractivity contribution in [3.63, 3.8) is 0 Å². The van der Waals surface area contributed by atoms with Gasteiger partial charge in [0.05, 0.1) is 11.9 Å². The van der Waals surface area contributed by atoms with Crippen LogP contribution in [0.25, 0.3) is 0 Å². The first-order chi connectivity index (χ1) is 11.2. The highest BCUT2D eigenvalue weighted by Gasteiger charge is 2.06. The lowest BCUT2D eigenvalue weighted by atomic mass is 10.2. The molecular formula is C17H20FN3O2. The minimum absolute atomic E-state index is 0.264. The van der Waals surface area contributed by atoms with E-state index in [1.54, 1.807) is 31.5 Å². The van der Waals surface area contributed by atoms with E-state index in [0.717, 1.165) is 24.2 Å². The van der Waals surface area contributed by atoms with Crippen LogP contribution in [0.5, 0.6) is 0 Å². The van der Waals surface area contributed by atoms with Crippen molar-refractivity contribution in [2.75, 3.05) is 25.6 Å². The van der Waals surface area contributed by atoms with Gasteiger partial charge in [-0.15, -0.1) is 0 Å². The molecule has 6 heteroatoms. The average Bonchev–Trinajstić information content (AvgIpc) is 2.58. The summed E-state index contributed by atoms with van der Waals surface area (Å²) in [6.45, 7) is 1.81. The Morgan fingerprint density at radius 3 is 2.65 bits per heavy atom. The quantitative estimate of drug-likeness (QED) is 0.735. The van der Waals surface area contributed by atoms with Gasteiger partial charge in [0.25, 0.3) is 5.91 Å². The SMILES string of the molecule is COCCCNc1ccc(C(=O)NCc2ccc(F)cc2)nc1. The number of hydrogen-bond donors (Lipinski definition) is 2. The summed E-state index contributed by atoms with van der Waals surface area (Å²) in [7, 11) is 1.67. The lowest BCUT2D eigenvalue weighted by molar-refractivity contribution is 0.0946. The number of anilines is 1. The van der Waals surface area contributed by atoms with Crippen LogP contribution in [0, 0.1) is 5.82 Å². The number of aromatic nitrogens is 1. The Labute approximate surface area is 134 Å². The Kier molecular flexibility index (Phi) is 6.50. The second-order valence-electron chi connectivity index (χ2n) is 5.01. The summed E-state index contributed by atoms with van der Waals surface area (Å²) in [5.41, 5.74) is 2.03. The largest absolute Gasteiger partial charge is 0.385 e. The van der Waals surface area contributed by atoms with Gasteiger partial charge in [0, 0.05) is 26.8 Å². The van der Waals surface area contributed by atoms with E-state index in [9.17, 15) is 9.18 Å². The first kappa shape index (κ1) is 16.9. The Morgan fingerprint density at radius 1 is 1.22 bits per heavy atom. The summed E-state index contributed by atoms with van der Waals surface area (Å²) >= 11 is 0. The number of benzene rings is 1. The molecule has 122 valence electrons. The second-order valence-corrected chi connectivity index (χ2v) is 5.01. The van der Waals surface area contributed by atoms with E-state index in [0.29, 0.717) is 18.8 Å². The molecule has 0 atom stereocenters. The van der Waals surface area contributed by atoms with Crippen LogP contribution in [0.15, 0.2) is 42.6 Å². The van der Waals surface area contributed by atoms with Crippen molar-refractivity contribution in [3.05, 3.63) is 59.7 Å². The van der Waals surface area contributed by atoms with Gasteiger partial charge in [-0.25, -0.2) is 9.37 Å². The van der Waals surface area contributed by atoms with Crippen LogP contribution in [-0.4, -0.2) is 31.2 Å². The van der Waals surface area contributed by atoms with Gasteiger partial charge in [-0.1, -0.05) is 12.1 Å². The number of pyridine rings is 1.